The summed E-state index contributed by atoms with van der Waals surface area (Å²) in [5.41, 5.74) is 2.29. The fourth-order valence-electron chi connectivity index (χ4n) is 2.22. The van der Waals surface area contributed by atoms with Crippen LogP contribution in [0.2, 0.25) is 0 Å². The van der Waals surface area contributed by atoms with E-state index in [1.807, 2.05) is 30.3 Å². The summed E-state index contributed by atoms with van der Waals surface area (Å²) in [5, 5.41) is 22.3. The summed E-state index contributed by atoms with van der Waals surface area (Å²) >= 11 is 0. The highest BCUT2D eigenvalue weighted by Gasteiger charge is 2.16. The van der Waals surface area contributed by atoms with E-state index in [-0.39, 0.29) is 17.9 Å². The SMILES string of the molecule is Cc1cc(C)c(C(=O)O)c(NCC(O)c2ccccc2)n1. The lowest BCUT2D eigenvalue weighted by molar-refractivity contribution is 0.0696. The van der Waals surface area contributed by atoms with Gasteiger partial charge in [0.05, 0.1) is 6.10 Å². The molecule has 21 heavy (non-hydrogen) atoms. The Bertz CT molecular complexity index is 641. The van der Waals surface area contributed by atoms with Crippen molar-refractivity contribution in [1.29, 1.82) is 0 Å². The monoisotopic (exact) mass is 286 g/mol. The van der Waals surface area contributed by atoms with Gasteiger partial charge in [-0.25, -0.2) is 9.78 Å². The number of benzene rings is 1. The first-order chi connectivity index (χ1) is 9.99. The topological polar surface area (TPSA) is 82.5 Å². The number of nitrogens with zero attached hydrogens (tertiary/aromatic N) is 1. The van der Waals surface area contributed by atoms with Gasteiger partial charge in [-0.15, -0.1) is 0 Å². The lowest BCUT2D eigenvalue weighted by Gasteiger charge is -2.15. The largest absolute Gasteiger partial charge is 0.478 e. The number of aliphatic hydroxyl groups excluding tert-OH is 1. The summed E-state index contributed by atoms with van der Waals surface area (Å²) < 4.78 is 0. The zero-order valence-electron chi connectivity index (χ0n) is 12.0. The maximum absolute atomic E-state index is 11.3. The predicted octanol–water partition coefficient (Wildman–Crippen LogP) is 2.54. The number of aromatic carboxylic acids is 1. The molecular formula is C16H18N2O3. The van der Waals surface area contributed by atoms with Crippen LogP contribution in [0.1, 0.15) is 33.3 Å². The number of anilines is 1. The molecule has 0 saturated carbocycles. The van der Waals surface area contributed by atoms with Crippen LogP contribution in [-0.2, 0) is 0 Å². The molecule has 1 atom stereocenters. The highest BCUT2D eigenvalue weighted by atomic mass is 16.4. The Morgan fingerprint density at radius 3 is 2.57 bits per heavy atom. The summed E-state index contributed by atoms with van der Waals surface area (Å²) in [5.74, 6) is -0.744. The summed E-state index contributed by atoms with van der Waals surface area (Å²) in [6, 6.07) is 10.9. The van der Waals surface area contributed by atoms with Crippen LogP contribution in [-0.4, -0.2) is 27.7 Å². The minimum Gasteiger partial charge on any atom is -0.478 e. The second kappa shape index (κ2) is 6.37. The van der Waals surface area contributed by atoms with Gasteiger partial charge in [0.1, 0.15) is 11.4 Å². The number of hydrogen-bond acceptors (Lipinski definition) is 4. The number of hydrogen-bond donors (Lipinski definition) is 3. The van der Waals surface area contributed by atoms with Crippen molar-refractivity contribution < 1.29 is 15.0 Å². The van der Waals surface area contributed by atoms with E-state index < -0.39 is 12.1 Å². The molecule has 1 aromatic heterocycles. The predicted molar refractivity (Wildman–Crippen MR) is 80.6 cm³/mol. The fraction of sp³-hybridized carbons (Fsp3) is 0.250. The molecule has 1 unspecified atom stereocenters. The molecule has 0 aliphatic carbocycles. The molecule has 0 aliphatic heterocycles. The molecule has 2 aromatic rings. The van der Waals surface area contributed by atoms with E-state index in [1.165, 1.54) is 0 Å². The van der Waals surface area contributed by atoms with Crippen molar-refractivity contribution in [2.45, 2.75) is 20.0 Å². The quantitative estimate of drug-likeness (QED) is 0.787. The maximum Gasteiger partial charge on any atom is 0.339 e. The van der Waals surface area contributed by atoms with Crippen LogP contribution in [0.3, 0.4) is 0 Å². The van der Waals surface area contributed by atoms with Crippen LogP contribution in [0.25, 0.3) is 0 Å². The number of pyridine rings is 1. The highest BCUT2D eigenvalue weighted by Crippen LogP contribution is 2.20. The van der Waals surface area contributed by atoms with Gasteiger partial charge in [-0.1, -0.05) is 30.3 Å². The molecule has 0 saturated heterocycles. The number of aromatic nitrogens is 1. The first-order valence-electron chi connectivity index (χ1n) is 6.67. The van der Waals surface area contributed by atoms with Gasteiger partial charge in [-0.3, -0.25) is 0 Å². The maximum atomic E-state index is 11.3. The molecule has 2 rings (SSSR count). The molecule has 0 amide bonds. The molecule has 1 heterocycles. The van der Waals surface area contributed by atoms with E-state index in [0.29, 0.717) is 5.56 Å². The van der Waals surface area contributed by atoms with Crippen molar-refractivity contribution in [1.82, 2.24) is 4.98 Å². The Kier molecular flexibility index (Phi) is 4.55. The van der Waals surface area contributed by atoms with Gasteiger partial charge in [0.25, 0.3) is 0 Å². The van der Waals surface area contributed by atoms with E-state index in [1.54, 1.807) is 19.9 Å². The van der Waals surface area contributed by atoms with Crippen molar-refractivity contribution in [3.63, 3.8) is 0 Å². The van der Waals surface area contributed by atoms with E-state index in [2.05, 4.69) is 10.3 Å². The van der Waals surface area contributed by atoms with Crippen LogP contribution in [0.5, 0.6) is 0 Å². The summed E-state index contributed by atoms with van der Waals surface area (Å²) in [6.07, 6.45) is -0.726. The number of carboxylic acids is 1. The smallest absolute Gasteiger partial charge is 0.339 e. The average Bonchev–Trinajstić information content (AvgIpc) is 2.44. The van der Waals surface area contributed by atoms with Crippen LogP contribution in [0.4, 0.5) is 5.82 Å². The number of nitrogens with one attached hydrogen (secondary N) is 1. The van der Waals surface area contributed by atoms with E-state index in [4.69, 9.17) is 0 Å². The third-order valence-corrected chi connectivity index (χ3v) is 3.21. The molecule has 3 N–H and O–H groups in total. The molecular weight excluding hydrogens is 268 g/mol. The van der Waals surface area contributed by atoms with Crippen LogP contribution in [0.15, 0.2) is 36.4 Å². The minimum atomic E-state index is -1.03. The minimum absolute atomic E-state index is 0.140. The number of aryl methyl sites for hydroxylation is 2. The van der Waals surface area contributed by atoms with Crippen molar-refractivity contribution in [3.8, 4) is 0 Å². The molecule has 1 aromatic carbocycles. The van der Waals surface area contributed by atoms with Crippen molar-refractivity contribution >= 4 is 11.8 Å². The molecule has 0 radical (unpaired) electrons. The van der Waals surface area contributed by atoms with Crippen molar-refractivity contribution in [3.05, 3.63) is 58.8 Å². The molecule has 5 heteroatoms. The number of rotatable bonds is 5. The third-order valence-electron chi connectivity index (χ3n) is 3.21. The number of aliphatic hydroxyl groups is 1. The zero-order chi connectivity index (χ0) is 15.4. The fourth-order valence-corrected chi connectivity index (χ4v) is 2.22. The van der Waals surface area contributed by atoms with E-state index >= 15 is 0 Å². The Morgan fingerprint density at radius 2 is 1.95 bits per heavy atom. The Balaban J connectivity index is 2.18. The third kappa shape index (κ3) is 3.58. The van der Waals surface area contributed by atoms with Crippen molar-refractivity contribution in [2.24, 2.45) is 0 Å². The van der Waals surface area contributed by atoms with Crippen LogP contribution < -0.4 is 5.32 Å². The van der Waals surface area contributed by atoms with Gasteiger partial charge in [-0.2, -0.15) is 0 Å². The number of carbonyl (C=O) groups is 1. The lowest BCUT2D eigenvalue weighted by Crippen LogP contribution is -2.16. The normalized spacial score (nSPS) is 12.0. The average molecular weight is 286 g/mol. The van der Waals surface area contributed by atoms with E-state index in [9.17, 15) is 15.0 Å². The second-order valence-electron chi connectivity index (χ2n) is 4.92. The number of carboxylic acid groups (broad SMARTS) is 1. The summed E-state index contributed by atoms with van der Waals surface area (Å²) in [6.45, 7) is 3.73. The van der Waals surface area contributed by atoms with E-state index in [0.717, 1.165) is 11.3 Å². The molecule has 0 fully saturated rings. The lowest BCUT2D eigenvalue weighted by atomic mass is 10.1. The van der Waals surface area contributed by atoms with Gasteiger partial charge in [0, 0.05) is 12.2 Å². The van der Waals surface area contributed by atoms with Gasteiger partial charge in [0.15, 0.2) is 0 Å². The van der Waals surface area contributed by atoms with Crippen molar-refractivity contribution in [2.75, 3.05) is 11.9 Å². The van der Waals surface area contributed by atoms with Gasteiger partial charge >= 0.3 is 5.97 Å². The molecule has 0 bridgehead atoms. The second-order valence-corrected chi connectivity index (χ2v) is 4.92. The van der Waals surface area contributed by atoms with Crippen LogP contribution in [0, 0.1) is 13.8 Å². The Labute approximate surface area is 123 Å². The summed E-state index contributed by atoms with van der Waals surface area (Å²) in [4.78, 5) is 15.5. The summed E-state index contributed by atoms with van der Waals surface area (Å²) in [7, 11) is 0. The molecule has 5 nitrogen and oxygen atoms in total. The zero-order valence-corrected chi connectivity index (χ0v) is 12.0. The van der Waals surface area contributed by atoms with Crippen LogP contribution >= 0.6 is 0 Å². The van der Waals surface area contributed by atoms with Gasteiger partial charge in [0.2, 0.25) is 0 Å². The van der Waals surface area contributed by atoms with Gasteiger partial charge in [-0.05, 0) is 31.0 Å². The first kappa shape index (κ1) is 15.0. The standard InChI is InChI=1S/C16H18N2O3/c1-10-8-11(2)18-15(14(10)16(20)21)17-9-13(19)12-6-4-3-5-7-12/h3-8,13,19H,9H2,1-2H3,(H,17,18)(H,20,21). The first-order valence-corrected chi connectivity index (χ1v) is 6.67. The highest BCUT2D eigenvalue weighted by molar-refractivity contribution is 5.94. The molecule has 110 valence electrons. The Hall–Kier alpha value is -2.40. The molecule has 0 spiro atoms. The van der Waals surface area contributed by atoms with Gasteiger partial charge < -0.3 is 15.5 Å². The Morgan fingerprint density at radius 1 is 1.29 bits per heavy atom. The molecule has 0 aliphatic rings.